The number of carbonyl (C=O) groups is 2. The molecular formula is C15H13N3O2S. The van der Waals surface area contributed by atoms with Crippen LogP contribution in [0.2, 0.25) is 0 Å². The lowest BCUT2D eigenvalue weighted by Gasteiger charge is -2.04. The molecule has 5 nitrogen and oxygen atoms in total. The van der Waals surface area contributed by atoms with Crippen LogP contribution < -0.4 is 5.32 Å². The molecule has 3 aromatic rings. The van der Waals surface area contributed by atoms with Crippen molar-refractivity contribution in [2.24, 2.45) is 0 Å². The van der Waals surface area contributed by atoms with Crippen LogP contribution in [0, 0.1) is 6.92 Å². The van der Waals surface area contributed by atoms with Crippen LogP contribution >= 0.6 is 11.3 Å². The summed E-state index contributed by atoms with van der Waals surface area (Å²) >= 11 is 1.49. The van der Waals surface area contributed by atoms with Crippen LogP contribution in [-0.2, 0) is 0 Å². The Kier molecular flexibility index (Phi) is 3.31. The number of amides is 1. The summed E-state index contributed by atoms with van der Waals surface area (Å²) in [5.41, 5.74) is 2.55. The van der Waals surface area contributed by atoms with Crippen molar-refractivity contribution >= 4 is 33.7 Å². The molecule has 106 valence electrons. The van der Waals surface area contributed by atoms with Gasteiger partial charge >= 0.3 is 0 Å². The third-order valence-corrected chi connectivity index (χ3v) is 4.11. The number of aryl methyl sites for hydroxylation is 1. The van der Waals surface area contributed by atoms with E-state index in [0.717, 1.165) is 10.7 Å². The summed E-state index contributed by atoms with van der Waals surface area (Å²) in [6.07, 6.45) is 1.71. The normalized spacial score (nSPS) is 10.8. The second-order valence-electron chi connectivity index (χ2n) is 4.75. The Labute approximate surface area is 125 Å². The van der Waals surface area contributed by atoms with E-state index in [9.17, 15) is 9.59 Å². The molecule has 0 saturated heterocycles. The molecule has 0 aliphatic heterocycles. The molecule has 0 bridgehead atoms. The molecule has 1 aromatic carbocycles. The number of imidazole rings is 1. The number of ketones is 1. The third-order valence-electron chi connectivity index (χ3n) is 3.15. The van der Waals surface area contributed by atoms with E-state index in [0.29, 0.717) is 16.9 Å². The molecule has 2 aromatic heterocycles. The lowest BCUT2D eigenvalue weighted by Crippen LogP contribution is -2.12. The summed E-state index contributed by atoms with van der Waals surface area (Å²) in [5.74, 6) is -0.324. The monoisotopic (exact) mass is 299 g/mol. The number of nitrogens with zero attached hydrogens (tertiary/aromatic N) is 2. The summed E-state index contributed by atoms with van der Waals surface area (Å²) in [4.78, 5) is 28.6. The van der Waals surface area contributed by atoms with Crippen LogP contribution in [0.1, 0.15) is 33.5 Å². The maximum Gasteiger partial charge on any atom is 0.275 e. The van der Waals surface area contributed by atoms with E-state index >= 15 is 0 Å². The smallest absolute Gasteiger partial charge is 0.275 e. The zero-order chi connectivity index (χ0) is 15.0. The Hall–Kier alpha value is -2.47. The molecule has 1 N–H and O–H groups in total. The number of rotatable bonds is 3. The van der Waals surface area contributed by atoms with E-state index in [4.69, 9.17) is 0 Å². The summed E-state index contributed by atoms with van der Waals surface area (Å²) in [6.45, 7) is 3.45. The highest BCUT2D eigenvalue weighted by Gasteiger charge is 2.13. The summed E-state index contributed by atoms with van der Waals surface area (Å²) < 4.78 is 1.88. The molecule has 0 fully saturated rings. The zero-order valence-electron chi connectivity index (χ0n) is 11.6. The fourth-order valence-corrected chi connectivity index (χ4v) is 2.87. The van der Waals surface area contributed by atoms with Gasteiger partial charge in [0.1, 0.15) is 5.69 Å². The van der Waals surface area contributed by atoms with Gasteiger partial charge in [0.05, 0.1) is 0 Å². The Morgan fingerprint density at radius 1 is 1.33 bits per heavy atom. The van der Waals surface area contributed by atoms with Crippen molar-refractivity contribution in [2.75, 3.05) is 5.32 Å². The highest BCUT2D eigenvalue weighted by molar-refractivity contribution is 7.15. The standard InChI is InChI=1S/C15H13N3O2S/c1-9-8-21-15-17-13(7-18(9)15)14(20)16-12-5-3-4-11(6-12)10(2)19/h3-8H,1-2H3,(H,16,20). The van der Waals surface area contributed by atoms with Gasteiger partial charge in [0.15, 0.2) is 10.7 Å². The van der Waals surface area contributed by atoms with E-state index in [-0.39, 0.29) is 11.7 Å². The molecule has 2 heterocycles. The minimum atomic E-state index is -0.286. The minimum Gasteiger partial charge on any atom is -0.321 e. The summed E-state index contributed by atoms with van der Waals surface area (Å²) in [6, 6.07) is 6.86. The van der Waals surface area contributed by atoms with E-state index < -0.39 is 0 Å². The van der Waals surface area contributed by atoms with Crippen LogP contribution in [-0.4, -0.2) is 21.1 Å². The van der Waals surface area contributed by atoms with E-state index in [1.54, 1.807) is 30.5 Å². The molecule has 0 radical (unpaired) electrons. The Morgan fingerprint density at radius 3 is 2.86 bits per heavy atom. The Balaban J connectivity index is 1.85. The lowest BCUT2D eigenvalue weighted by atomic mass is 10.1. The number of hydrogen-bond donors (Lipinski definition) is 1. The van der Waals surface area contributed by atoms with E-state index in [1.165, 1.54) is 18.3 Å². The fourth-order valence-electron chi connectivity index (χ4n) is 2.01. The molecule has 0 spiro atoms. The number of thiazole rings is 1. The minimum absolute atomic E-state index is 0.0378. The molecule has 6 heteroatoms. The first kappa shape index (κ1) is 13.5. The van der Waals surface area contributed by atoms with Gasteiger partial charge in [-0.25, -0.2) is 4.98 Å². The van der Waals surface area contributed by atoms with Crippen LogP contribution in [0.3, 0.4) is 0 Å². The SMILES string of the molecule is CC(=O)c1cccc(NC(=O)c2cn3c(C)csc3n2)c1. The number of hydrogen-bond acceptors (Lipinski definition) is 4. The second-order valence-corrected chi connectivity index (χ2v) is 5.58. The Bertz CT molecular complexity index is 848. The van der Waals surface area contributed by atoms with Crippen LogP contribution in [0.25, 0.3) is 4.96 Å². The van der Waals surface area contributed by atoms with Crippen LogP contribution in [0.5, 0.6) is 0 Å². The number of benzene rings is 1. The average Bonchev–Trinajstić information content (AvgIpc) is 3.02. The summed E-state index contributed by atoms with van der Waals surface area (Å²) in [5, 5.41) is 4.75. The molecule has 3 rings (SSSR count). The molecule has 1 amide bonds. The van der Waals surface area contributed by atoms with Crippen molar-refractivity contribution in [3.05, 3.63) is 52.8 Å². The topological polar surface area (TPSA) is 63.5 Å². The van der Waals surface area contributed by atoms with Crippen LogP contribution in [0.4, 0.5) is 5.69 Å². The van der Waals surface area contributed by atoms with Gasteiger partial charge in [-0.1, -0.05) is 12.1 Å². The maximum atomic E-state index is 12.2. The predicted octanol–water partition coefficient (Wildman–Crippen LogP) is 3.16. The number of fused-ring (bicyclic) bond motifs is 1. The molecular weight excluding hydrogens is 286 g/mol. The number of aromatic nitrogens is 2. The molecule has 21 heavy (non-hydrogen) atoms. The van der Waals surface area contributed by atoms with E-state index in [2.05, 4.69) is 10.3 Å². The fraction of sp³-hybridized carbons (Fsp3) is 0.133. The van der Waals surface area contributed by atoms with Crippen molar-refractivity contribution in [2.45, 2.75) is 13.8 Å². The van der Waals surface area contributed by atoms with Crippen LogP contribution in [0.15, 0.2) is 35.8 Å². The molecule has 0 aliphatic rings. The van der Waals surface area contributed by atoms with Crippen molar-refractivity contribution in [3.63, 3.8) is 0 Å². The zero-order valence-corrected chi connectivity index (χ0v) is 12.4. The second kappa shape index (κ2) is 5.14. The number of carbonyl (C=O) groups excluding carboxylic acids is 2. The van der Waals surface area contributed by atoms with Gasteiger partial charge in [-0.3, -0.25) is 14.0 Å². The van der Waals surface area contributed by atoms with Gasteiger partial charge in [0.25, 0.3) is 5.91 Å². The molecule has 0 saturated carbocycles. The van der Waals surface area contributed by atoms with Crippen molar-refractivity contribution in [1.82, 2.24) is 9.38 Å². The molecule has 0 atom stereocenters. The van der Waals surface area contributed by atoms with Crippen molar-refractivity contribution in [1.29, 1.82) is 0 Å². The highest BCUT2D eigenvalue weighted by atomic mass is 32.1. The quantitative estimate of drug-likeness (QED) is 0.756. The first-order chi connectivity index (χ1) is 10.0. The van der Waals surface area contributed by atoms with Gasteiger partial charge < -0.3 is 5.32 Å². The number of nitrogens with one attached hydrogen (secondary N) is 1. The first-order valence-corrected chi connectivity index (χ1v) is 7.28. The van der Waals surface area contributed by atoms with Gasteiger partial charge in [-0.15, -0.1) is 11.3 Å². The van der Waals surface area contributed by atoms with Gasteiger partial charge in [0, 0.05) is 28.5 Å². The number of anilines is 1. The predicted molar refractivity (Wildman–Crippen MR) is 82.2 cm³/mol. The molecule has 0 unspecified atom stereocenters. The maximum absolute atomic E-state index is 12.2. The van der Waals surface area contributed by atoms with E-state index in [1.807, 2.05) is 16.7 Å². The van der Waals surface area contributed by atoms with Crippen molar-refractivity contribution in [3.8, 4) is 0 Å². The summed E-state index contributed by atoms with van der Waals surface area (Å²) in [7, 11) is 0. The lowest BCUT2D eigenvalue weighted by molar-refractivity contribution is 0.100. The number of Topliss-reactive ketones (excluding diaryl/α,β-unsaturated/α-hetero) is 1. The van der Waals surface area contributed by atoms with Gasteiger partial charge in [-0.05, 0) is 26.0 Å². The Morgan fingerprint density at radius 2 is 2.14 bits per heavy atom. The third kappa shape index (κ3) is 2.57. The largest absolute Gasteiger partial charge is 0.321 e. The first-order valence-electron chi connectivity index (χ1n) is 6.40. The van der Waals surface area contributed by atoms with Gasteiger partial charge in [0.2, 0.25) is 0 Å². The highest BCUT2D eigenvalue weighted by Crippen LogP contribution is 2.17. The van der Waals surface area contributed by atoms with Gasteiger partial charge in [-0.2, -0.15) is 0 Å². The molecule has 0 aliphatic carbocycles. The van der Waals surface area contributed by atoms with Crippen molar-refractivity contribution < 1.29 is 9.59 Å². The average molecular weight is 299 g/mol.